The maximum absolute atomic E-state index is 11.3. The number of benzene rings is 2. The fraction of sp³-hybridized carbons (Fsp3) is 0.0588. The first-order valence-electron chi connectivity index (χ1n) is 7.65. The lowest BCUT2D eigenvalue weighted by Crippen LogP contribution is -2.10. The van der Waals surface area contributed by atoms with Gasteiger partial charge in [0.15, 0.2) is 0 Å². The van der Waals surface area contributed by atoms with E-state index >= 15 is 0 Å². The lowest BCUT2D eigenvalue weighted by molar-refractivity contribution is -0.383. The minimum atomic E-state index is -0.608. The summed E-state index contributed by atoms with van der Waals surface area (Å²) in [6.07, 6.45) is 0. The molecule has 0 amide bonds. The first-order valence-corrected chi connectivity index (χ1v) is 8.03. The molecule has 2 aromatic carbocycles. The van der Waals surface area contributed by atoms with Crippen molar-refractivity contribution in [2.45, 2.75) is 6.54 Å². The van der Waals surface area contributed by atoms with Gasteiger partial charge in [0.2, 0.25) is 17.6 Å². The summed E-state index contributed by atoms with van der Waals surface area (Å²) in [5.74, 6) is -0.0178. The van der Waals surface area contributed by atoms with Gasteiger partial charge in [0, 0.05) is 17.3 Å². The summed E-state index contributed by atoms with van der Waals surface area (Å²) in [4.78, 5) is 18.9. The Balaban J connectivity index is 1.86. The predicted octanol–water partition coefficient (Wildman–Crippen LogP) is 3.98. The third-order valence-corrected chi connectivity index (χ3v) is 3.75. The quantitative estimate of drug-likeness (QED) is 0.443. The number of anilines is 4. The largest absolute Gasteiger partial charge is 0.378 e. The Morgan fingerprint density at radius 2 is 1.77 bits per heavy atom. The highest BCUT2D eigenvalue weighted by Gasteiger charge is 2.23. The van der Waals surface area contributed by atoms with Gasteiger partial charge in [0.05, 0.1) is 4.92 Å². The molecule has 0 aliphatic heterocycles. The number of halogens is 1. The molecule has 9 heteroatoms. The van der Waals surface area contributed by atoms with E-state index in [-0.39, 0.29) is 23.3 Å². The SMILES string of the molecule is Nc1nc(NCc2ccc(Cl)cc2)nc(Nc2ccccc2)c1[N+](=O)[O-]. The van der Waals surface area contributed by atoms with Gasteiger partial charge in [0.1, 0.15) is 0 Å². The van der Waals surface area contributed by atoms with Gasteiger partial charge in [0.25, 0.3) is 0 Å². The molecule has 0 saturated carbocycles. The summed E-state index contributed by atoms with van der Waals surface area (Å²) in [5.41, 5.74) is 7.01. The first kappa shape index (κ1) is 17.4. The molecule has 0 bridgehead atoms. The second kappa shape index (κ2) is 7.66. The van der Waals surface area contributed by atoms with Crippen LogP contribution in [0.25, 0.3) is 0 Å². The molecule has 4 N–H and O–H groups in total. The number of nitro groups is 1. The topological polar surface area (TPSA) is 119 Å². The second-order valence-electron chi connectivity index (χ2n) is 5.36. The Kier molecular flexibility index (Phi) is 5.14. The Morgan fingerprint density at radius 1 is 1.08 bits per heavy atom. The number of hydrogen-bond donors (Lipinski definition) is 3. The number of nitrogens with two attached hydrogens (primary N) is 1. The summed E-state index contributed by atoms with van der Waals surface area (Å²) in [6.45, 7) is 0.416. The summed E-state index contributed by atoms with van der Waals surface area (Å²) in [5, 5.41) is 17.9. The normalized spacial score (nSPS) is 10.3. The average molecular weight is 371 g/mol. The van der Waals surface area contributed by atoms with E-state index in [9.17, 15) is 10.1 Å². The number of rotatable bonds is 6. The maximum atomic E-state index is 11.3. The smallest absolute Gasteiger partial charge is 0.353 e. The minimum absolute atomic E-state index is 0.0207. The molecule has 0 aliphatic rings. The van der Waals surface area contributed by atoms with Crippen molar-refractivity contribution in [1.82, 2.24) is 9.97 Å². The lowest BCUT2D eigenvalue weighted by Gasteiger charge is -2.11. The molecule has 1 aromatic heterocycles. The van der Waals surface area contributed by atoms with E-state index in [0.717, 1.165) is 5.56 Å². The third-order valence-electron chi connectivity index (χ3n) is 3.49. The van der Waals surface area contributed by atoms with Crippen LogP contribution in [-0.2, 0) is 6.54 Å². The van der Waals surface area contributed by atoms with Crippen LogP contribution in [0.15, 0.2) is 54.6 Å². The molecule has 3 aromatic rings. The van der Waals surface area contributed by atoms with Gasteiger partial charge in [-0.3, -0.25) is 10.1 Å². The molecule has 1 heterocycles. The third kappa shape index (κ3) is 4.17. The second-order valence-corrected chi connectivity index (χ2v) is 5.79. The van der Waals surface area contributed by atoms with Crippen LogP contribution in [0.5, 0.6) is 0 Å². The summed E-state index contributed by atoms with van der Waals surface area (Å²) >= 11 is 5.86. The van der Waals surface area contributed by atoms with Crippen molar-refractivity contribution in [3.8, 4) is 0 Å². The van der Waals surface area contributed by atoms with E-state index in [0.29, 0.717) is 17.3 Å². The van der Waals surface area contributed by atoms with Gasteiger partial charge in [-0.1, -0.05) is 41.9 Å². The Bertz CT molecular complexity index is 919. The van der Waals surface area contributed by atoms with Crippen LogP contribution in [0, 0.1) is 10.1 Å². The molecule has 0 spiro atoms. The number of hydrogen-bond acceptors (Lipinski definition) is 7. The van der Waals surface area contributed by atoms with Gasteiger partial charge in [-0.2, -0.15) is 9.97 Å². The number of nitrogens with zero attached hydrogens (tertiary/aromatic N) is 3. The van der Waals surface area contributed by atoms with Crippen LogP contribution < -0.4 is 16.4 Å². The molecule has 0 fully saturated rings. The first-order chi connectivity index (χ1) is 12.5. The van der Waals surface area contributed by atoms with E-state index in [1.807, 2.05) is 18.2 Å². The fourth-order valence-electron chi connectivity index (χ4n) is 2.26. The highest BCUT2D eigenvalue weighted by Crippen LogP contribution is 2.31. The van der Waals surface area contributed by atoms with Crippen LogP contribution in [-0.4, -0.2) is 14.9 Å². The van der Waals surface area contributed by atoms with E-state index < -0.39 is 4.92 Å². The molecule has 0 radical (unpaired) electrons. The molecule has 0 aliphatic carbocycles. The summed E-state index contributed by atoms with van der Waals surface area (Å²) < 4.78 is 0. The average Bonchev–Trinajstić information content (AvgIpc) is 2.61. The van der Waals surface area contributed by atoms with E-state index in [2.05, 4.69) is 20.6 Å². The highest BCUT2D eigenvalue weighted by atomic mass is 35.5. The Labute approximate surface area is 154 Å². The molecular formula is C17H15ClN6O2. The van der Waals surface area contributed by atoms with Crippen LogP contribution >= 0.6 is 11.6 Å². The number of para-hydroxylation sites is 1. The fourth-order valence-corrected chi connectivity index (χ4v) is 2.39. The van der Waals surface area contributed by atoms with Crippen molar-refractivity contribution in [2.24, 2.45) is 0 Å². The van der Waals surface area contributed by atoms with Crippen molar-refractivity contribution in [3.63, 3.8) is 0 Å². The van der Waals surface area contributed by atoms with Crippen molar-refractivity contribution in [1.29, 1.82) is 0 Å². The monoisotopic (exact) mass is 370 g/mol. The van der Waals surface area contributed by atoms with E-state index in [1.165, 1.54) is 0 Å². The number of aromatic nitrogens is 2. The molecule has 8 nitrogen and oxygen atoms in total. The van der Waals surface area contributed by atoms with Crippen molar-refractivity contribution >= 4 is 40.6 Å². The standard InChI is InChI=1S/C17H15ClN6O2/c18-12-8-6-11(7-9-12)10-20-17-22-15(19)14(24(25)26)16(23-17)21-13-4-2-1-3-5-13/h1-9H,10H2,(H4,19,20,21,22,23). The maximum Gasteiger partial charge on any atom is 0.353 e. The van der Waals surface area contributed by atoms with Crippen LogP contribution in [0.1, 0.15) is 5.56 Å². The van der Waals surface area contributed by atoms with Gasteiger partial charge < -0.3 is 16.4 Å². The Morgan fingerprint density at radius 3 is 2.42 bits per heavy atom. The van der Waals surface area contributed by atoms with Gasteiger partial charge >= 0.3 is 5.69 Å². The summed E-state index contributed by atoms with van der Waals surface area (Å²) in [6, 6.07) is 16.2. The zero-order valence-corrected chi connectivity index (χ0v) is 14.3. The molecule has 0 unspecified atom stereocenters. The molecular weight excluding hydrogens is 356 g/mol. The molecule has 0 saturated heterocycles. The van der Waals surface area contributed by atoms with Crippen molar-refractivity contribution in [3.05, 3.63) is 75.3 Å². The van der Waals surface area contributed by atoms with Gasteiger partial charge in [-0.25, -0.2) is 0 Å². The minimum Gasteiger partial charge on any atom is -0.378 e. The van der Waals surface area contributed by atoms with Crippen molar-refractivity contribution in [2.75, 3.05) is 16.4 Å². The zero-order chi connectivity index (χ0) is 18.5. The zero-order valence-electron chi connectivity index (χ0n) is 13.5. The van der Waals surface area contributed by atoms with Gasteiger partial charge in [-0.05, 0) is 29.8 Å². The van der Waals surface area contributed by atoms with E-state index in [1.54, 1.807) is 36.4 Å². The van der Waals surface area contributed by atoms with E-state index in [4.69, 9.17) is 17.3 Å². The highest BCUT2D eigenvalue weighted by molar-refractivity contribution is 6.30. The van der Waals surface area contributed by atoms with Crippen LogP contribution in [0.3, 0.4) is 0 Å². The Hall–Kier alpha value is -3.39. The van der Waals surface area contributed by atoms with Crippen molar-refractivity contribution < 1.29 is 4.92 Å². The van der Waals surface area contributed by atoms with Crippen LogP contribution in [0.4, 0.5) is 29.0 Å². The molecule has 0 atom stereocenters. The number of nitrogen functional groups attached to an aromatic ring is 1. The van der Waals surface area contributed by atoms with Crippen LogP contribution in [0.2, 0.25) is 5.02 Å². The molecule has 26 heavy (non-hydrogen) atoms. The predicted molar refractivity (Wildman–Crippen MR) is 102 cm³/mol. The molecule has 132 valence electrons. The molecule has 3 rings (SSSR count). The summed E-state index contributed by atoms with van der Waals surface area (Å²) in [7, 11) is 0. The number of nitrogens with one attached hydrogen (secondary N) is 2. The lowest BCUT2D eigenvalue weighted by atomic mass is 10.2. The van der Waals surface area contributed by atoms with Gasteiger partial charge in [-0.15, -0.1) is 0 Å².